The first-order chi connectivity index (χ1) is 14.1. The molecule has 1 aliphatic heterocycles. The molecule has 1 aliphatic rings. The fourth-order valence-electron chi connectivity index (χ4n) is 3.03. The number of nitrogens with zero attached hydrogens (tertiary/aromatic N) is 1. The van der Waals surface area contributed by atoms with E-state index < -0.39 is 5.97 Å². The Kier molecular flexibility index (Phi) is 5.64. The van der Waals surface area contributed by atoms with Crippen molar-refractivity contribution in [3.63, 3.8) is 0 Å². The van der Waals surface area contributed by atoms with E-state index >= 15 is 0 Å². The molecule has 0 spiro atoms. The van der Waals surface area contributed by atoms with E-state index in [9.17, 15) is 14.4 Å². The highest BCUT2D eigenvalue weighted by Gasteiger charge is 2.17. The van der Waals surface area contributed by atoms with Gasteiger partial charge in [-0.1, -0.05) is 12.1 Å². The number of carbonyl (C=O) groups is 3. The molecule has 0 saturated heterocycles. The Bertz CT molecular complexity index is 1060. The number of para-hydroxylation sites is 1. The summed E-state index contributed by atoms with van der Waals surface area (Å²) >= 11 is 1.51. The average Bonchev–Trinajstić information content (AvgIpc) is 3.14. The standard InChI is InChI=1S/C21H18N2O5S/c24-17(14-5-7-15-13(9-14)6-8-19(25)22-15)10-28-21(26)12-27-11-20-23-16-3-1-2-4-18(16)29-20/h1-5,7,9H,6,8,10-12H2,(H,22,25). The van der Waals surface area contributed by atoms with Crippen molar-refractivity contribution in [2.45, 2.75) is 19.4 Å². The van der Waals surface area contributed by atoms with Gasteiger partial charge in [-0.2, -0.15) is 0 Å². The number of benzene rings is 2. The SMILES string of the molecule is O=C1CCc2cc(C(=O)COC(=O)COCc3nc4ccccc4s3)ccc2N1. The maximum atomic E-state index is 12.3. The highest BCUT2D eigenvalue weighted by molar-refractivity contribution is 7.18. The van der Waals surface area contributed by atoms with Crippen molar-refractivity contribution in [3.05, 3.63) is 58.6 Å². The molecule has 1 amide bonds. The third kappa shape index (κ3) is 4.67. The number of aryl methyl sites for hydroxylation is 1. The zero-order valence-electron chi connectivity index (χ0n) is 15.5. The lowest BCUT2D eigenvalue weighted by Gasteiger charge is -2.17. The van der Waals surface area contributed by atoms with E-state index in [1.807, 2.05) is 24.3 Å². The van der Waals surface area contributed by atoms with Crippen LogP contribution in [0.4, 0.5) is 5.69 Å². The van der Waals surface area contributed by atoms with Crippen molar-refractivity contribution in [2.75, 3.05) is 18.5 Å². The molecule has 4 rings (SSSR count). The Labute approximate surface area is 170 Å². The van der Waals surface area contributed by atoms with Crippen molar-refractivity contribution in [1.29, 1.82) is 0 Å². The van der Waals surface area contributed by atoms with Gasteiger partial charge in [0.1, 0.15) is 11.6 Å². The van der Waals surface area contributed by atoms with Crippen LogP contribution in [0.1, 0.15) is 27.3 Å². The lowest BCUT2D eigenvalue weighted by atomic mass is 9.99. The number of hydrogen-bond acceptors (Lipinski definition) is 7. The number of esters is 1. The van der Waals surface area contributed by atoms with E-state index in [4.69, 9.17) is 9.47 Å². The lowest BCUT2D eigenvalue weighted by molar-refractivity contribution is -0.148. The van der Waals surface area contributed by atoms with Gasteiger partial charge in [0.25, 0.3) is 0 Å². The van der Waals surface area contributed by atoms with Crippen molar-refractivity contribution < 1.29 is 23.9 Å². The Hall–Kier alpha value is -3.10. The second kappa shape index (κ2) is 8.50. The second-order valence-corrected chi connectivity index (χ2v) is 7.69. The van der Waals surface area contributed by atoms with Crippen molar-refractivity contribution in [2.24, 2.45) is 0 Å². The smallest absolute Gasteiger partial charge is 0.332 e. The molecule has 1 N–H and O–H groups in total. The van der Waals surface area contributed by atoms with Gasteiger partial charge in [0.05, 0.1) is 16.8 Å². The van der Waals surface area contributed by atoms with Gasteiger partial charge >= 0.3 is 5.97 Å². The molecule has 7 nitrogen and oxygen atoms in total. The predicted molar refractivity (Wildman–Crippen MR) is 108 cm³/mol. The van der Waals surface area contributed by atoms with E-state index in [1.165, 1.54) is 11.3 Å². The first kappa shape index (κ1) is 19.2. The number of ketones is 1. The van der Waals surface area contributed by atoms with Crippen LogP contribution in [0.3, 0.4) is 0 Å². The van der Waals surface area contributed by atoms with Crippen LogP contribution in [-0.4, -0.2) is 35.9 Å². The van der Waals surface area contributed by atoms with Gasteiger partial charge in [-0.3, -0.25) is 9.59 Å². The summed E-state index contributed by atoms with van der Waals surface area (Å²) in [5.41, 5.74) is 2.97. The van der Waals surface area contributed by atoms with Gasteiger partial charge < -0.3 is 14.8 Å². The summed E-state index contributed by atoms with van der Waals surface area (Å²) in [7, 11) is 0. The number of fused-ring (bicyclic) bond motifs is 2. The molecule has 3 aromatic rings. The molecule has 0 atom stereocenters. The maximum Gasteiger partial charge on any atom is 0.332 e. The Morgan fingerprint density at radius 1 is 1.10 bits per heavy atom. The van der Waals surface area contributed by atoms with Crippen LogP contribution in [0.5, 0.6) is 0 Å². The van der Waals surface area contributed by atoms with Crippen molar-refractivity contribution >= 4 is 44.9 Å². The zero-order chi connectivity index (χ0) is 20.2. The van der Waals surface area contributed by atoms with E-state index in [0.29, 0.717) is 18.4 Å². The molecular weight excluding hydrogens is 392 g/mol. The molecule has 0 bridgehead atoms. The van der Waals surface area contributed by atoms with E-state index in [0.717, 1.165) is 26.5 Å². The number of hydrogen-bond donors (Lipinski definition) is 1. The fraction of sp³-hybridized carbons (Fsp3) is 0.238. The average molecular weight is 410 g/mol. The number of aromatic nitrogens is 1. The number of nitrogens with one attached hydrogen (secondary N) is 1. The van der Waals surface area contributed by atoms with Crippen LogP contribution in [0.25, 0.3) is 10.2 Å². The lowest BCUT2D eigenvalue weighted by Crippen LogP contribution is -2.20. The first-order valence-corrected chi connectivity index (χ1v) is 9.94. The third-order valence-corrected chi connectivity index (χ3v) is 5.48. The topological polar surface area (TPSA) is 94.6 Å². The minimum Gasteiger partial charge on any atom is -0.456 e. The number of thiazole rings is 1. The predicted octanol–water partition coefficient (Wildman–Crippen LogP) is 3.12. The Balaban J connectivity index is 1.24. The molecule has 2 aromatic carbocycles. The number of rotatable bonds is 7. The molecule has 8 heteroatoms. The van der Waals surface area contributed by atoms with Crippen LogP contribution in [-0.2, 0) is 32.1 Å². The fourth-order valence-corrected chi connectivity index (χ4v) is 3.94. The minimum absolute atomic E-state index is 0.0312. The number of ether oxygens (including phenoxy) is 2. The van der Waals surface area contributed by atoms with E-state index in [-0.39, 0.29) is 31.5 Å². The minimum atomic E-state index is -0.607. The molecule has 148 valence electrons. The molecule has 0 unspecified atom stereocenters. The number of anilines is 1. The zero-order valence-corrected chi connectivity index (χ0v) is 16.3. The second-order valence-electron chi connectivity index (χ2n) is 6.57. The van der Waals surface area contributed by atoms with Crippen LogP contribution in [0.2, 0.25) is 0 Å². The van der Waals surface area contributed by atoms with Crippen molar-refractivity contribution in [3.8, 4) is 0 Å². The van der Waals surface area contributed by atoms with Gasteiger partial charge in [0.15, 0.2) is 12.4 Å². The molecular formula is C21H18N2O5S. The largest absolute Gasteiger partial charge is 0.456 e. The number of Topliss-reactive ketones (excluding diaryl/α,β-unsaturated/α-hetero) is 1. The molecule has 0 fully saturated rings. The molecule has 0 radical (unpaired) electrons. The van der Waals surface area contributed by atoms with E-state index in [2.05, 4.69) is 10.3 Å². The number of carbonyl (C=O) groups excluding carboxylic acids is 3. The van der Waals surface area contributed by atoms with Gasteiger partial charge in [0, 0.05) is 17.7 Å². The Morgan fingerprint density at radius 2 is 1.97 bits per heavy atom. The third-order valence-electron chi connectivity index (χ3n) is 4.47. The highest BCUT2D eigenvalue weighted by Crippen LogP contribution is 2.24. The summed E-state index contributed by atoms with van der Waals surface area (Å²) in [6.45, 7) is -0.396. The van der Waals surface area contributed by atoms with Crippen LogP contribution in [0.15, 0.2) is 42.5 Å². The maximum absolute atomic E-state index is 12.3. The highest BCUT2D eigenvalue weighted by atomic mass is 32.1. The molecule has 1 aromatic heterocycles. The van der Waals surface area contributed by atoms with Gasteiger partial charge in [-0.15, -0.1) is 11.3 Å². The summed E-state index contributed by atoms with van der Waals surface area (Å²) in [6.07, 6.45) is 0.979. The summed E-state index contributed by atoms with van der Waals surface area (Å²) < 4.78 is 11.4. The molecule has 29 heavy (non-hydrogen) atoms. The molecule has 2 heterocycles. The normalized spacial score (nSPS) is 13.0. The van der Waals surface area contributed by atoms with Crippen molar-refractivity contribution in [1.82, 2.24) is 4.98 Å². The quantitative estimate of drug-likeness (QED) is 0.475. The van der Waals surface area contributed by atoms with Gasteiger partial charge in [-0.25, -0.2) is 9.78 Å². The van der Waals surface area contributed by atoms with Crippen LogP contribution >= 0.6 is 11.3 Å². The number of amides is 1. The van der Waals surface area contributed by atoms with Gasteiger partial charge in [0.2, 0.25) is 5.91 Å². The molecule has 0 aliphatic carbocycles. The monoisotopic (exact) mass is 410 g/mol. The molecule has 0 saturated carbocycles. The van der Waals surface area contributed by atoms with Gasteiger partial charge in [-0.05, 0) is 42.3 Å². The van der Waals surface area contributed by atoms with Crippen LogP contribution in [0, 0.1) is 0 Å². The van der Waals surface area contributed by atoms with E-state index in [1.54, 1.807) is 18.2 Å². The van der Waals surface area contributed by atoms with Crippen LogP contribution < -0.4 is 5.32 Å². The summed E-state index contributed by atoms with van der Waals surface area (Å²) in [6, 6.07) is 12.8. The Morgan fingerprint density at radius 3 is 2.83 bits per heavy atom. The summed E-state index contributed by atoms with van der Waals surface area (Å²) in [5.74, 6) is -0.940. The summed E-state index contributed by atoms with van der Waals surface area (Å²) in [4.78, 5) is 39.9. The summed E-state index contributed by atoms with van der Waals surface area (Å²) in [5, 5.41) is 3.54. The first-order valence-electron chi connectivity index (χ1n) is 9.12.